The van der Waals surface area contributed by atoms with Gasteiger partial charge in [-0.1, -0.05) is 13.3 Å². The van der Waals surface area contributed by atoms with E-state index in [4.69, 9.17) is 14.2 Å². The van der Waals surface area contributed by atoms with Crippen LogP contribution >= 0.6 is 11.3 Å². The van der Waals surface area contributed by atoms with Crippen molar-refractivity contribution in [3.05, 3.63) is 69.7 Å². The molecule has 1 aromatic heterocycles. The number of aryl methyl sites for hydroxylation is 1. The standard InChI is InChI=1S/C24H27N3O5S/c1-4-5-12-31-21-11-8-18(13-22(21)30-3)24(29)27-26-23(28)17-6-9-20(10-7-17)32-14-19-15-33-16(2)25-19/h6-11,13,15H,4-5,12,14H2,1-3H3,(H,26,28)(H,27,29). The summed E-state index contributed by atoms with van der Waals surface area (Å²) in [5.41, 5.74) is 6.39. The van der Waals surface area contributed by atoms with Crippen LogP contribution in [-0.4, -0.2) is 30.5 Å². The third-order valence-electron chi connectivity index (χ3n) is 4.64. The molecule has 2 aromatic carbocycles. The molecule has 3 rings (SSSR count). The van der Waals surface area contributed by atoms with Crippen LogP contribution in [0.15, 0.2) is 47.8 Å². The SMILES string of the molecule is CCCCOc1ccc(C(=O)NNC(=O)c2ccc(OCc3csc(C)n3)cc2)cc1OC. The van der Waals surface area contributed by atoms with E-state index in [0.29, 0.717) is 41.6 Å². The average Bonchev–Trinajstić information content (AvgIpc) is 3.26. The van der Waals surface area contributed by atoms with Crippen LogP contribution in [0.3, 0.4) is 0 Å². The van der Waals surface area contributed by atoms with Crippen LogP contribution in [0.5, 0.6) is 17.2 Å². The Balaban J connectivity index is 1.51. The first-order valence-corrected chi connectivity index (χ1v) is 11.4. The molecule has 2 amide bonds. The van der Waals surface area contributed by atoms with E-state index in [1.807, 2.05) is 12.3 Å². The molecule has 0 aliphatic heterocycles. The van der Waals surface area contributed by atoms with E-state index in [9.17, 15) is 9.59 Å². The van der Waals surface area contributed by atoms with Gasteiger partial charge in [-0.15, -0.1) is 11.3 Å². The van der Waals surface area contributed by atoms with Crippen LogP contribution < -0.4 is 25.1 Å². The predicted octanol–water partition coefficient (Wildman–Crippen LogP) is 4.29. The summed E-state index contributed by atoms with van der Waals surface area (Å²) >= 11 is 1.57. The Morgan fingerprint density at radius 1 is 0.970 bits per heavy atom. The van der Waals surface area contributed by atoms with E-state index in [2.05, 4.69) is 22.8 Å². The van der Waals surface area contributed by atoms with Crippen molar-refractivity contribution in [3.8, 4) is 17.2 Å². The molecule has 33 heavy (non-hydrogen) atoms. The highest BCUT2D eigenvalue weighted by Gasteiger charge is 2.13. The molecule has 0 radical (unpaired) electrons. The normalized spacial score (nSPS) is 10.4. The second-order valence-electron chi connectivity index (χ2n) is 7.15. The van der Waals surface area contributed by atoms with Gasteiger partial charge in [0.25, 0.3) is 11.8 Å². The number of thiazole rings is 1. The lowest BCUT2D eigenvalue weighted by Crippen LogP contribution is -2.41. The highest BCUT2D eigenvalue weighted by atomic mass is 32.1. The minimum absolute atomic E-state index is 0.330. The van der Waals surface area contributed by atoms with E-state index in [-0.39, 0.29) is 0 Å². The van der Waals surface area contributed by atoms with Crippen LogP contribution in [0.25, 0.3) is 0 Å². The quantitative estimate of drug-likeness (QED) is 0.339. The van der Waals surface area contributed by atoms with Crippen LogP contribution in [0.2, 0.25) is 0 Å². The summed E-state index contributed by atoms with van der Waals surface area (Å²) in [4.78, 5) is 29.2. The molecule has 0 aliphatic rings. The molecule has 8 nitrogen and oxygen atoms in total. The summed E-state index contributed by atoms with van der Waals surface area (Å²) in [5, 5.41) is 2.93. The zero-order valence-corrected chi connectivity index (χ0v) is 19.7. The van der Waals surface area contributed by atoms with E-state index in [1.165, 1.54) is 7.11 Å². The van der Waals surface area contributed by atoms with Gasteiger partial charge in [0.15, 0.2) is 11.5 Å². The van der Waals surface area contributed by atoms with Crippen molar-refractivity contribution in [1.82, 2.24) is 15.8 Å². The molecule has 0 saturated heterocycles. The average molecular weight is 470 g/mol. The minimum Gasteiger partial charge on any atom is -0.493 e. The number of hydrogen-bond donors (Lipinski definition) is 2. The first-order chi connectivity index (χ1) is 16.0. The van der Waals surface area contributed by atoms with E-state index < -0.39 is 11.8 Å². The van der Waals surface area contributed by atoms with Crippen LogP contribution in [0.1, 0.15) is 51.2 Å². The van der Waals surface area contributed by atoms with Crippen molar-refractivity contribution in [2.75, 3.05) is 13.7 Å². The summed E-state index contributed by atoms with van der Waals surface area (Å²) < 4.78 is 16.7. The second kappa shape index (κ2) is 11.9. The Hall–Kier alpha value is -3.59. The smallest absolute Gasteiger partial charge is 0.269 e. The van der Waals surface area contributed by atoms with E-state index in [0.717, 1.165) is 23.5 Å². The zero-order chi connectivity index (χ0) is 23.6. The molecule has 0 spiro atoms. The van der Waals surface area contributed by atoms with Gasteiger partial charge < -0.3 is 14.2 Å². The van der Waals surface area contributed by atoms with Gasteiger partial charge in [0.2, 0.25) is 0 Å². The van der Waals surface area contributed by atoms with Crippen molar-refractivity contribution >= 4 is 23.2 Å². The van der Waals surface area contributed by atoms with Gasteiger partial charge in [-0.25, -0.2) is 4.98 Å². The fourth-order valence-electron chi connectivity index (χ4n) is 2.85. The van der Waals surface area contributed by atoms with Crippen LogP contribution in [0, 0.1) is 6.92 Å². The lowest BCUT2D eigenvalue weighted by Gasteiger charge is -2.12. The number of ether oxygens (including phenoxy) is 3. The largest absolute Gasteiger partial charge is 0.493 e. The number of hydrogen-bond acceptors (Lipinski definition) is 7. The molecule has 0 unspecified atom stereocenters. The number of carbonyl (C=O) groups excluding carboxylic acids is 2. The number of aromatic nitrogens is 1. The summed E-state index contributed by atoms with van der Waals surface area (Å²) in [5.74, 6) is 0.721. The van der Waals surface area contributed by atoms with Gasteiger partial charge >= 0.3 is 0 Å². The summed E-state index contributed by atoms with van der Waals surface area (Å²) in [7, 11) is 1.51. The predicted molar refractivity (Wildman–Crippen MR) is 126 cm³/mol. The maximum absolute atomic E-state index is 12.4. The van der Waals surface area contributed by atoms with E-state index >= 15 is 0 Å². The molecule has 0 aliphatic carbocycles. The molecule has 0 fully saturated rings. The van der Waals surface area contributed by atoms with Gasteiger partial charge in [0.05, 0.1) is 24.4 Å². The maximum atomic E-state index is 12.4. The molecule has 2 N–H and O–H groups in total. The molecule has 9 heteroatoms. The van der Waals surface area contributed by atoms with Crippen molar-refractivity contribution in [3.63, 3.8) is 0 Å². The molecule has 1 heterocycles. The van der Waals surface area contributed by atoms with Crippen LogP contribution in [-0.2, 0) is 6.61 Å². The molecule has 3 aromatic rings. The first kappa shape index (κ1) is 24.1. The third kappa shape index (κ3) is 6.95. The zero-order valence-electron chi connectivity index (χ0n) is 18.8. The highest BCUT2D eigenvalue weighted by molar-refractivity contribution is 7.09. The Morgan fingerprint density at radius 3 is 2.30 bits per heavy atom. The number of carbonyl (C=O) groups is 2. The number of amides is 2. The van der Waals surface area contributed by atoms with Crippen molar-refractivity contribution in [2.45, 2.75) is 33.3 Å². The lowest BCUT2D eigenvalue weighted by atomic mass is 10.2. The minimum atomic E-state index is -0.472. The number of nitrogens with zero attached hydrogens (tertiary/aromatic N) is 1. The summed E-state index contributed by atoms with van der Waals surface area (Å²) in [6.45, 7) is 4.95. The molecule has 0 saturated carbocycles. The molecule has 0 atom stereocenters. The second-order valence-corrected chi connectivity index (χ2v) is 8.21. The van der Waals surface area contributed by atoms with Gasteiger partial charge in [-0.2, -0.15) is 0 Å². The fraction of sp³-hybridized carbons (Fsp3) is 0.292. The van der Waals surface area contributed by atoms with Gasteiger partial charge in [-0.3, -0.25) is 20.4 Å². The molecule has 0 bridgehead atoms. The highest BCUT2D eigenvalue weighted by Crippen LogP contribution is 2.28. The third-order valence-corrected chi connectivity index (χ3v) is 5.46. The number of methoxy groups -OCH3 is 1. The molecule has 174 valence electrons. The summed E-state index contributed by atoms with van der Waals surface area (Å²) in [6.07, 6.45) is 1.95. The first-order valence-electron chi connectivity index (χ1n) is 10.6. The van der Waals surface area contributed by atoms with Gasteiger partial charge in [0, 0.05) is 16.5 Å². The Bertz CT molecular complexity index is 1080. The van der Waals surface area contributed by atoms with E-state index in [1.54, 1.807) is 53.8 Å². The summed E-state index contributed by atoms with van der Waals surface area (Å²) in [6, 6.07) is 11.5. The fourth-order valence-corrected chi connectivity index (χ4v) is 3.44. The lowest BCUT2D eigenvalue weighted by molar-refractivity contribution is 0.0846. The number of unbranched alkanes of at least 4 members (excludes halogenated alkanes) is 1. The van der Waals surface area contributed by atoms with Gasteiger partial charge in [-0.05, 0) is 55.8 Å². The molecular weight excluding hydrogens is 442 g/mol. The Kier molecular flexibility index (Phi) is 8.65. The van der Waals surface area contributed by atoms with Gasteiger partial charge in [0.1, 0.15) is 12.4 Å². The Morgan fingerprint density at radius 2 is 1.67 bits per heavy atom. The maximum Gasteiger partial charge on any atom is 0.269 e. The number of benzene rings is 2. The molecular formula is C24H27N3O5S. The van der Waals surface area contributed by atoms with Crippen molar-refractivity contribution < 1.29 is 23.8 Å². The monoisotopic (exact) mass is 469 g/mol. The number of nitrogens with one attached hydrogen (secondary N) is 2. The number of rotatable bonds is 10. The van der Waals surface area contributed by atoms with Crippen LogP contribution in [0.4, 0.5) is 0 Å². The number of hydrazine groups is 1. The Labute approximate surface area is 196 Å². The van der Waals surface area contributed by atoms with Crippen molar-refractivity contribution in [1.29, 1.82) is 0 Å². The van der Waals surface area contributed by atoms with Crippen molar-refractivity contribution in [2.24, 2.45) is 0 Å². The topological polar surface area (TPSA) is 98.8 Å².